The minimum absolute atomic E-state index is 0.0297. The number of nitrogens with one attached hydrogen (secondary N) is 1. The molecule has 2 aromatic rings. The fourth-order valence-electron chi connectivity index (χ4n) is 3.87. The standard InChI is InChI=1S/C25H30ClF2N3O3/c1-16-13-18(27)6-8-21(16)31-12-11-30(24(33)34-25(2,3)4)15-22(31)23(32)29-10-9-17-5-7-20(28)19(26)14-17/h5-8,13-14,22H,9-12,15H2,1-4H3,(H,29,32). The lowest BCUT2D eigenvalue weighted by Crippen LogP contribution is -2.61. The summed E-state index contributed by atoms with van der Waals surface area (Å²) in [7, 11) is 0. The largest absolute Gasteiger partial charge is 0.444 e. The summed E-state index contributed by atoms with van der Waals surface area (Å²) in [5, 5.41) is 2.93. The molecule has 0 aromatic heterocycles. The van der Waals surface area contributed by atoms with Gasteiger partial charge in [0.15, 0.2) is 0 Å². The molecule has 1 atom stereocenters. The number of ether oxygens (including phenoxy) is 1. The van der Waals surface area contributed by atoms with E-state index in [1.54, 1.807) is 39.8 Å². The predicted molar refractivity (Wildman–Crippen MR) is 128 cm³/mol. The molecular weight excluding hydrogens is 464 g/mol. The third-order valence-electron chi connectivity index (χ3n) is 5.50. The predicted octanol–water partition coefficient (Wildman–Crippen LogP) is 4.71. The lowest BCUT2D eigenvalue weighted by Gasteiger charge is -2.42. The van der Waals surface area contributed by atoms with E-state index in [0.29, 0.717) is 31.6 Å². The van der Waals surface area contributed by atoms with Crippen LogP contribution in [0.2, 0.25) is 5.02 Å². The van der Waals surface area contributed by atoms with Gasteiger partial charge in [-0.2, -0.15) is 0 Å². The maximum atomic E-state index is 13.7. The number of nitrogens with zero attached hydrogens (tertiary/aromatic N) is 2. The van der Waals surface area contributed by atoms with Crippen molar-refractivity contribution in [3.8, 4) is 0 Å². The smallest absolute Gasteiger partial charge is 0.410 e. The topological polar surface area (TPSA) is 61.9 Å². The molecule has 2 aromatic carbocycles. The monoisotopic (exact) mass is 493 g/mol. The minimum Gasteiger partial charge on any atom is -0.444 e. The van der Waals surface area contributed by atoms with E-state index in [9.17, 15) is 18.4 Å². The van der Waals surface area contributed by atoms with E-state index in [1.165, 1.54) is 29.2 Å². The highest BCUT2D eigenvalue weighted by atomic mass is 35.5. The molecule has 1 aliphatic heterocycles. The van der Waals surface area contributed by atoms with E-state index in [4.69, 9.17) is 16.3 Å². The minimum atomic E-state index is -0.692. The fourth-order valence-corrected chi connectivity index (χ4v) is 4.08. The zero-order valence-electron chi connectivity index (χ0n) is 19.8. The lowest BCUT2D eigenvalue weighted by molar-refractivity contribution is -0.123. The molecule has 0 aliphatic carbocycles. The van der Waals surface area contributed by atoms with Gasteiger partial charge in [0.25, 0.3) is 0 Å². The second-order valence-electron chi connectivity index (χ2n) is 9.36. The van der Waals surface area contributed by atoms with Crippen LogP contribution in [0.25, 0.3) is 0 Å². The van der Waals surface area contributed by atoms with Crippen molar-refractivity contribution in [1.82, 2.24) is 10.2 Å². The number of benzene rings is 2. The first-order valence-corrected chi connectivity index (χ1v) is 11.5. The first-order chi connectivity index (χ1) is 15.9. The van der Waals surface area contributed by atoms with Gasteiger partial charge in [0, 0.05) is 25.3 Å². The molecule has 6 nitrogen and oxygen atoms in total. The van der Waals surface area contributed by atoms with E-state index in [0.717, 1.165) is 11.3 Å². The van der Waals surface area contributed by atoms with Crippen molar-refractivity contribution in [3.05, 3.63) is 64.2 Å². The summed E-state index contributed by atoms with van der Waals surface area (Å²) in [4.78, 5) is 29.3. The van der Waals surface area contributed by atoms with Crippen LogP contribution in [0.5, 0.6) is 0 Å². The van der Waals surface area contributed by atoms with Gasteiger partial charge in [-0.25, -0.2) is 13.6 Å². The summed E-state index contributed by atoms with van der Waals surface area (Å²) >= 11 is 5.84. The number of anilines is 1. The van der Waals surface area contributed by atoms with Gasteiger partial charge in [0.1, 0.15) is 23.3 Å². The molecule has 0 spiro atoms. The van der Waals surface area contributed by atoms with Crippen molar-refractivity contribution in [2.75, 3.05) is 31.1 Å². The Kier molecular flexibility index (Phi) is 8.02. The van der Waals surface area contributed by atoms with Crippen molar-refractivity contribution >= 4 is 29.3 Å². The van der Waals surface area contributed by atoms with Gasteiger partial charge in [0.2, 0.25) is 5.91 Å². The molecule has 34 heavy (non-hydrogen) atoms. The van der Waals surface area contributed by atoms with E-state index < -0.39 is 23.6 Å². The van der Waals surface area contributed by atoms with Crippen LogP contribution in [-0.4, -0.2) is 54.7 Å². The number of rotatable bonds is 5. The SMILES string of the molecule is Cc1cc(F)ccc1N1CCN(C(=O)OC(C)(C)C)CC1C(=O)NCCc1ccc(F)c(Cl)c1. The summed E-state index contributed by atoms with van der Waals surface area (Å²) < 4.78 is 32.6. The van der Waals surface area contributed by atoms with Crippen molar-refractivity contribution in [2.45, 2.75) is 45.8 Å². The van der Waals surface area contributed by atoms with Gasteiger partial charge in [-0.05, 0) is 75.6 Å². The Morgan fingerprint density at radius 1 is 1.15 bits per heavy atom. The van der Waals surface area contributed by atoms with Crippen molar-refractivity contribution in [1.29, 1.82) is 0 Å². The number of hydrogen-bond donors (Lipinski definition) is 1. The van der Waals surface area contributed by atoms with Crippen molar-refractivity contribution in [2.24, 2.45) is 0 Å². The van der Waals surface area contributed by atoms with Crippen LogP contribution in [0, 0.1) is 18.6 Å². The van der Waals surface area contributed by atoms with E-state index in [2.05, 4.69) is 5.32 Å². The second-order valence-corrected chi connectivity index (χ2v) is 9.76. The van der Waals surface area contributed by atoms with Gasteiger partial charge in [-0.1, -0.05) is 17.7 Å². The second kappa shape index (κ2) is 10.6. The van der Waals surface area contributed by atoms with Crippen LogP contribution >= 0.6 is 11.6 Å². The van der Waals surface area contributed by atoms with Gasteiger partial charge in [0.05, 0.1) is 11.6 Å². The summed E-state index contributed by atoms with van der Waals surface area (Å²) in [6.45, 7) is 8.32. The zero-order chi connectivity index (χ0) is 25.0. The summed E-state index contributed by atoms with van der Waals surface area (Å²) in [5.74, 6) is -1.12. The number of aryl methyl sites for hydroxylation is 1. The van der Waals surface area contributed by atoms with Crippen molar-refractivity contribution < 1.29 is 23.1 Å². The number of halogens is 3. The zero-order valence-corrected chi connectivity index (χ0v) is 20.6. The Balaban J connectivity index is 1.75. The van der Waals surface area contributed by atoms with E-state index in [-0.39, 0.29) is 23.3 Å². The first kappa shape index (κ1) is 25.7. The maximum Gasteiger partial charge on any atom is 0.410 e. The Labute approximate surface area is 203 Å². The van der Waals surface area contributed by atoms with Crippen LogP contribution in [0.3, 0.4) is 0 Å². The molecule has 2 amide bonds. The molecule has 0 bridgehead atoms. The van der Waals surface area contributed by atoms with Crippen LogP contribution in [0.15, 0.2) is 36.4 Å². The highest BCUT2D eigenvalue weighted by Crippen LogP contribution is 2.26. The third kappa shape index (κ3) is 6.59. The number of hydrogen-bond acceptors (Lipinski definition) is 4. The molecule has 0 radical (unpaired) electrons. The Hall–Kier alpha value is -2.87. The van der Waals surface area contributed by atoms with E-state index in [1.807, 2.05) is 4.90 Å². The number of piperazine rings is 1. The van der Waals surface area contributed by atoms with Gasteiger partial charge >= 0.3 is 6.09 Å². The molecule has 0 saturated carbocycles. The van der Waals surface area contributed by atoms with Gasteiger partial charge in [-0.15, -0.1) is 0 Å². The first-order valence-electron chi connectivity index (χ1n) is 11.2. The molecule has 184 valence electrons. The number of amides is 2. The van der Waals surface area contributed by atoms with E-state index >= 15 is 0 Å². The number of carbonyl (C=O) groups excluding carboxylic acids is 2. The highest BCUT2D eigenvalue weighted by molar-refractivity contribution is 6.30. The van der Waals surface area contributed by atoms with Gasteiger partial charge in [-0.3, -0.25) is 4.79 Å². The van der Waals surface area contributed by atoms with Crippen LogP contribution in [0.1, 0.15) is 31.9 Å². The van der Waals surface area contributed by atoms with Crippen LogP contribution < -0.4 is 10.2 Å². The maximum absolute atomic E-state index is 13.7. The molecule has 1 unspecified atom stereocenters. The molecule has 1 saturated heterocycles. The Morgan fingerprint density at radius 3 is 2.53 bits per heavy atom. The highest BCUT2D eigenvalue weighted by Gasteiger charge is 2.36. The normalized spacial score (nSPS) is 16.4. The quantitative estimate of drug-likeness (QED) is 0.655. The molecule has 1 heterocycles. The molecular formula is C25H30ClF2N3O3. The molecule has 1 N–H and O–H groups in total. The summed E-state index contributed by atoms with van der Waals surface area (Å²) in [6.07, 6.45) is -0.0224. The lowest BCUT2D eigenvalue weighted by atomic mass is 10.1. The van der Waals surface area contributed by atoms with Crippen LogP contribution in [0.4, 0.5) is 19.3 Å². The Morgan fingerprint density at radius 2 is 1.88 bits per heavy atom. The summed E-state index contributed by atoms with van der Waals surface area (Å²) in [5.41, 5.74) is 1.56. The number of carbonyl (C=O) groups is 2. The summed E-state index contributed by atoms with van der Waals surface area (Å²) in [6, 6.07) is 8.17. The molecule has 9 heteroatoms. The molecule has 3 rings (SSSR count). The van der Waals surface area contributed by atoms with Crippen molar-refractivity contribution in [3.63, 3.8) is 0 Å². The molecule has 1 fully saturated rings. The third-order valence-corrected chi connectivity index (χ3v) is 5.79. The average molecular weight is 494 g/mol. The molecule has 1 aliphatic rings. The van der Waals surface area contributed by atoms with Crippen LogP contribution in [-0.2, 0) is 16.0 Å². The van der Waals surface area contributed by atoms with Gasteiger partial charge < -0.3 is 19.9 Å². The fraction of sp³-hybridized carbons (Fsp3) is 0.440. The Bertz CT molecular complexity index is 1060. The average Bonchev–Trinajstić information content (AvgIpc) is 2.74.